The highest BCUT2D eigenvalue weighted by Crippen LogP contribution is 2.18. The van der Waals surface area contributed by atoms with E-state index < -0.39 is 0 Å². The lowest BCUT2D eigenvalue weighted by atomic mass is 10.00. The van der Waals surface area contributed by atoms with E-state index in [-0.39, 0.29) is 12.0 Å². The molecule has 0 N–H and O–H groups in total. The largest absolute Gasteiger partial charge is 0.356 e. The lowest BCUT2D eigenvalue weighted by Crippen LogP contribution is -2.29. The first-order valence-electron chi connectivity index (χ1n) is 5.97. The Bertz CT molecular complexity index is 431. The minimum Gasteiger partial charge on any atom is -0.356 e. The fourth-order valence-electron chi connectivity index (χ4n) is 2.12. The van der Waals surface area contributed by atoms with Gasteiger partial charge in [0.2, 0.25) is 0 Å². The summed E-state index contributed by atoms with van der Waals surface area (Å²) >= 11 is 0. The van der Waals surface area contributed by atoms with E-state index >= 15 is 0 Å². The third kappa shape index (κ3) is 2.34. The van der Waals surface area contributed by atoms with E-state index in [2.05, 4.69) is 6.92 Å². The molecule has 0 aliphatic carbocycles. The quantitative estimate of drug-likeness (QED) is 0.745. The van der Waals surface area contributed by atoms with Crippen molar-refractivity contribution in [3.63, 3.8) is 0 Å². The SMILES string of the molecule is Cc1cc(C(=O)N2CO[C@@H](C)C2)cc(C)c1C. The molecule has 17 heavy (non-hydrogen) atoms. The molecule has 1 aliphatic heterocycles. The third-order valence-corrected chi connectivity index (χ3v) is 3.45. The molecule has 0 saturated carbocycles. The van der Waals surface area contributed by atoms with Crippen LogP contribution < -0.4 is 0 Å². The van der Waals surface area contributed by atoms with Crippen molar-refractivity contribution in [2.75, 3.05) is 13.3 Å². The number of aryl methyl sites for hydroxylation is 2. The highest BCUT2D eigenvalue weighted by Gasteiger charge is 2.25. The first-order valence-corrected chi connectivity index (χ1v) is 5.97. The summed E-state index contributed by atoms with van der Waals surface area (Å²) in [5, 5.41) is 0. The second-order valence-corrected chi connectivity index (χ2v) is 4.87. The summed E-state index contributed by atoms with van der Waals surface area (Å²) in [6, 6.07) is 3.93. The molecule has 3 nitrogen and oxygen atoms in total. The highest BCUT2D eigenvalue weighted by atomic mass is 16.5. The topological polar surface area (TPSA) is 29.5 Å². The van der Waals surface area contributed by atoms with E-state index in [9.17, 15) is 4.79 Å². The van der Waals surface area contributed by atoms with Crippen molar-refractivity contribution >= 4 is 5.91 Å². The number of amides is 1. The molecule has 0 aromatic heterocycles. The molecule has 1 aromatic rings. The average Bonchev–Trinajstić information content (AvgIpc) is 2.71. The molecule has 2 rings (SSSR count). The maximum Gasteiger partial charge on any atom is 0.255 e. The van der Waals surface area contributed by atoms with Crippen LogP contribution in [-0.4, -0.2) is 30.2 Å². The third-order valence-electron chi connectivity index (χ3n) is 3.45. The molecule has 1 aliphatic rings. The number of nitrogens with zero attached hydrogens (tertiary/aromatic N) is 1. The molecule has 0 radical (unpaired) electrons. The zero-order valence-corrected chi connectivity index (χ0v) is 10.9. The van der Waals surface area contributed by atoms with Gasteiger partial charge >= 0.3 is 0 Å². The maximum atomic E-state index is 12.3. The Morgan fingerprint density at radius 2 is 1.88 bits per heavy atom. The average molecular weight is 233 g/mol. The Morgan fingerprint density at radius 3 is 2.35 bits per heavy atom. The Balaban J connectivity index is 2.25. The van der Waals surface area contributed by atoms with Gasteiger partial charge in [0.05, 0.1) is 6.10 Å². The van der Waals surface area contributed by atoms with Gasteiger partial charge < -0.3 is 9.64 Å². The van der Waals surface area contributed by atoms with Gasteiger partial charge in [0.25, 0.3) is 5.91 Å². The van der Waals surface area contributed by atoms with Crippen LogP contribution in [0.2, 0.25) is 0 Å². The predicted octanol–water partition coefficient (Wildman–Crippen LogP) is 2.43. The Labute approximate surface area is 102 Å². The normalized spacial score (nSPS) is 19.8. The second-order valence-electron chi connectivity index (χ2n) is 4.87. The van der Waals surface area contributed by atoms with Crippen molar-refractivity contribution in [2.24, 2.45) is 0 Å². The Morgan fingerprint density at radius 1 is 1.29 bits per heavy atom. The van der Waals surface area contributed by atoms with Gasteiger partial charge in [0.1, 0.15) is 6.73 Å². The first-order chi connectivity index (χ1) is 7.99. The van der Waals surface area contributed by atoms with Crippen molar-refractivity contribution in [1.29, 1.82) is 0 Å². The van der Waals surface area contributed by atoms with Gasteiger partial charge in [-0.25, -0.2) is 0 Å². The molecule has 0 spiro atoms. The van der Waals surface area contributed by atoms with Gasteiger partial charge in [-0.3, -0.25) is 4.79 Å². The molecule has 1 atom stereocenters. The molecule has 1 heterocycles. The Hall–Kier alpha value is -1.35. The molecule has 1 aromatic carbocycles. The van der Waals surface area contributed by atoms with E-state index in [1.165, 1.54) is 16.7 Å². The van der Waals surface area contributed by atoms with Gasteiger partial charge in [-0.05, 0) is 56.5 Å². The molecule has 0 unspecified atom stereocenters. The zero-order valence-electron chi connectivity index (χ0n) is 10.9. The summed E-state index contributed by atoms with van der Waals surface area (Å²) in [6.07, 6.45) is 0.145. The highest BCUT2D eigenvalue weighted by molar-refractivity contribution is 5.94. The van der Waals surface area contributed by atoms with Crippen LogP contribution >= 0.6 is 0 Å². The van der Waals surface area contributed by atoms with E-state index in [1.54, 1.807) is 4.90 Å². The Kier molecular flexibility index (Phi) is 3.20. The van der Waals surface area contributed by atoms with Gasteiger partial charge in [0.15, 0.2) is 0 Å². The van der Waals surface area contributed by atoms with Crippen molar-refractivity contribution < 1.29 is 9.53 Å². The molecule has 1 fully saturated rings. The van der Waals surface area contributed by atoms with Crippen LogP contribution in [0.25, 0.3) is 0 Å². The zero-order chi connectivity index (χ0) is 12.6. The smallest absolute Gasteiger partial charge is 0.255 e. The van der Waals surface area contributed by atoms with E-state index in [1.807, 2.05) is 32.9 Å². The summed E-state index contributed by atoms with van der Waals surface area (Å²) in [5.74, 6) is 0.0700. The molecule has 1 saturated heterocycles. The summed E-state index contributed by atoms with van der Waals surface area (Å²) in [5.41, 5.74) is 4.36. The van der Waals surface area contributed by atoms with Crippen LogP contribution in [0.15, 0.2) is 12.1 Å². The number of carbonyl (C=O) groups is 1. The van der Waals surface area contributed by atoms with Crippen LogP contribution in [0, 0.1) is 20.8 Å². The lowest BCUT2D eigenvalue weighted by molar-refractivity contribution is 0.0650. The van der Waals surface area contributed by atoms with Crippen LogP contribution in [-0.2, 0) is 4.74 Å². The summed E-state index contributed by atoms with van der Waals surface area (Å²) in [7, 11) is 0. The molecule has 92 valence electrons. The molecule has 1 amide bonds. The fourth-order valence-corrected chi connectivity index (χ4v) is 2.12. The fraction of sp³-hybridized carbons (Fsp3) is 0.500. The maximum absolute atomic E-state index is 12.3. The summed E-state index contributed by atoms with van der Waals surface area (Å²) < 4.78 is 5.40. The summed E-state index contributed by atoms with van der Waals surface area (Å²) in [4.78, 5) is 14.0. The van der Waals surface area contributed by atoms with Crippen LogP contribution in [0.1, 0.15) is 34.0 Å². The predicted molar refractivity (Wildman–Crippen MR) is 67.1 cm³/mol. The standard InChI is InChI=1S/C14H19NO2/c1-9-5-13(6-10(2)12(9)4)14(16)15-7-11(3)17-8-15/h5-6,11H,7-8H2,1-4H3/t11-/m0/s1. The van der Waals surface area contributed by atoms with Crippen LogP contribution in [0.4, 0.5) is 0 Å². The second kappa shape index (κ2) is 4.49. The number of hydrogen-bond acceptors (Lipinski definition) is 2. The van der Waals surface area contributed by atoms with E-state index in [0.29, 0.717) is 13.3 Å². The first kappa shape index (κ1) is 12.1. The van der Waals surface area contributed by atoms with Crippen LogP contribution in [0.5, 0.6) is 0 Å². The number of carbonyl (C=O) groups excluding carboxylic acids is 1. The van der Waals surface area contributed by atoms with E-state index in [0.717, 1.165) is 5.56 Å². The minimum absolute atomic E-state index is 0.0700. The summed E-state index contributed by atoms with van der Waals surface area (Å²) in [6.45, 7) is 9.25. The lowest BCUT2D eigenvalue weighted by Gasteiger charge is -2.15. The van der Waals surface area contributed by atoms with Crippen LogP contribution in [0.3, 0.4) is 0 Å². The minimum atomic E-state index is 0.0700. The van der Waals surface area contributed by atoms with Crippen molar-refractivity contribution in [2.45, 2.75) is 33.8 Å². The monoisotopic (exact) mass is 233 g/mol. The molecule has 3 heteroatoms. The van der Waals surface area contributed by atoms with Gasteiger partial charge in [-0.2, -0.15) is 0 Å². The van der Waals surface area contributed by atoms with Crippen molar-refractivity contribution in [1.82, 2.24) is 4.90 Å². The number of hydrogen-bond donors (Lipinski definition) is 0. The molecular formula is C14H19NO2. The molecular weight excluding hydrogens is 214 g/mol. The van der Waals surface area contributed by atoms with Gasteiger partial charge in [-0.1, -0.05) is 0 Å². The number of ether oxygens (including phenoxy) is 1. The van der Waals surface area contributed by atoms with Crippen molar-refractivity contribution in [3.8, 4) is 0 Å². The van der Waals surface area contributed by atoms with Gasteiger partial charge in [-0.15, -0.1) is 0 Å². The number of rotatable bonds is 1. The van der Waals surface area contributed by atoms with Crippen molar-refractivity contribution in [3.05, 3.63) is 34.4 Å². The molecule has 0 bridgehead atoms. The number of benzene rings is 1. The van der Waals surface area contributed by atoms with Gasteiger partial charge in [0, 0.05) is 12.1 Å². The van der Waals surface area contributed by atoms with E-state index in [4.69, 9.17) is 4.74 Å².